The first-order chi connectivity index (χ1) is 11.0. The fourth-order valence-electron chi connectivity index (χ4n) is 4.87. The van der Waals surface area contributed by atoms with Gasteiger partial charge >= 0.3 is 11.9 Å². The second-order valence-electron chi connectivity index (χ2n) is 6.77. The second kappa shape index (κ2) is 3.71. The van der Waals surface area contributed by atoms with E-state index in [-0.39, 0.29) is 5.92 Å². The molecule has 4 heteroatoms. The topological polar surface area (TPSA) is 63.6 Å². The van der Waals surface area contributed by atoms with Crippen LogP contribution in [0, 0.1) is 5.41 Å². The highest BCUT2D eigenvalue weighted by molar-refractivity contribution is 6.07. The SMILES string of the molecule is C[C@]12C(=O)OC(=O)[C@@]1(O)C1c3ccccc3C2c2ccccc21. The summed E-state index contributed by atoms with van der Waals surface area (Å²) in [5, 5.41) is 11.4. The fraction of sp³-hybridized carbons (Fsp3) is 0.263. The number of carbonyl (C=O) groups is 2. The van der Waals surface area contributed by atoms with E-state index in [2.05, 4.69) is 0 Å². The molecule has 114 valence electrons. The van der Waals surface area contributed by atoms with Gasteiger partial charge in [-0.2, -0.15) is 0 Å². The summed E-state index contributed by atoms with van der Waals surface area (Å²) < 4.78 is 4.93. The van der Waals surface area contributed by atoms with Crippen LogP contribution in [0.25, 0.3) is 0 Å². The number of hydrogen-bond acceptors (Lipinski definition) is 4. The summed E-state index contributed by atoms with van der Waals surface area (Å²) in [5.74, 6) is -2.43. The van der Waals surface area contributed by atoms with Crippen LogP contribution < -0.4 is 0 Å². The number of hydrogen-bond donors (Lipinski definition) is 1. The molecule has 0 aromatic heterocycles. The highest BCUT2D eigenvalue weighted by atomic mass is 16.6. The lowest BCUT2D eigenvalue weighted by atomic mass is 9.46. The van der Waals surface area contributed by atoms with Crippen molar-refractivity contribution >= 4 is 11.9 Å². The summed E-state index contributed by atoms with van der Waals surface area (Å²) in [7, 11) is 0. The van der Waals surface area contributed by atoms with E-state index in [1.807, 2.05) is 48.5 Å². The van der Waals surface area contributed by atoms with Crippen molar-refractivity contribution < 1.29 is 19.4 Å². The smallest absolute Gasteiger partial charge is 0.348 e. The monoisotopic (exact) mass is 306 g/mol. The van der Waals surface area contributed by atoms with E-state index in [9.17, 15) is 14.7 Å². The molecular formula is C19H14O4. The number of esters is 2. The number of aliphatic hydroxyl groups is 1. The third kappa shape index (κ3) is 1.14. The molecule has 2 bridgehead atoms. The molecule has 0 radical (unpaired) electrons. The van der Waals surface area contributed by atoms with Crippen molar-refractivity contribution in [3.8, 4) is 0 Å². The van der Waals surface area contributed by atoms with Gasteiger partial charge in [-0.1, -0.05) is 48.5 Å². The molecule has 0 saturated carbocycles. The van der Waals surface area contributed by atoms with E-state index >= 15 is 0 Å². The molecule has 4 nitrogen and oxygen atoms in total. The van der Waals surface area contributed by atoms with Gasteiger partial charge < -0.3 is 9.84 Å². The molecule has 1 fully saturated rings. The zero-order chi connectivity index (χ0) is 16.0. The van der Waals surface area contributed by atoms with E-state index in [1.165, 1.54) is 0 Å². The maximum absolute atomic E-state index is 12.6. The van der Waals surface area contributed by atoms with Crippen LogP contribution in [0.3, 0.4) is 0 Å². The van der Waals surface area contributed by atoms with Gasteiger partial charge in [0, 0.05) is 5.92 Å². The van der Waals surface area contributed by atoms with Gasteiger partial charge in [-0.3, -0.25) is 4.79 Å². The average Bonchev–Trinajstić information content (AvgIpc) is 2.75. The van der Waals surface area contributed by atoms with Crippen LogP contribution >= 0.6 is 0 Å². The Balaban J connectivity index is 1.97. The fourth-order valence-corrected chi connectivity index (χ4v) is 4.87. The first-order valence-corrected chi connectivity index (χ1v) is 7.68. The van der Waals surface area contributed by atoms with Gasteiger partial charge in [0.2, 0.25) is 0 Å². The maximum Gasteiger partial charge on any atom is 0.348 e. The molecule has 4 aliphatic rings. The van der Waals surface area contributed by atoms with Crippen molar-refractivity contribution in [2.75, 3.05) is 0 Å². The molecule has 1 N–H and O–H groups in total. The van der Waals surface area contributed by atoms with Crippen LogP contribution in [-0.4, -0.2) is 22.6 Å². The highest BCUT2D eigenvalue weighted by Gasteiger charge is 2.77. The molecule has 2 aromatic rings. The Morgan fingerprint density at radius 3 is 1.74 bits per heavy atom. The lowest BCUT2D eigenvalue weighted by Crippen LogP contribution is -2.62. The molecule has 2 aromatic carbocycles. The largest absolute Gasteiger partial charge is 0.390 e. The normalized spacial score (nSPS) is 36.3. The molecule has 0 amide bonds. The van der Waals surface area contributed by atoms with Gasteiger partial charge in [-0.05, 0) is 29.2 Å². The van der Waals surface area contributed by atoms with Crippen LogP contribution in [0.15, 0.2) is 48.5 Å². The molecule has 1 aliphatic heterocycles. The predicted octanol–water partition coefficient (Wildman–Crippen LogP) is 2.10. The minimum absolute atomic E-state index is 0.385. The Kier molecular flexibility index (Phi) is 2.10. The van der Waals surface area contributed by atoms with Gasteiger partial charge in [-0.25, -0.2) is 4.79 Å². The highest BCUT2D eigenvalue weighted by Crippen LogP contribution is 2.68. The standard InChI is InChI=1S/C19H14O4/c1-18-14-10-6-2-4-8-12(10)15(13-9-5-3-7-11(13)14)19(18,22)17(21)23-16(18)20/h2-9,14-15,22H,1H3/t14?,15?,18-,19-/m0/s1. The van der Waals surface area contributed by atoms with Crippen LogP contribution in [0.4, 0.5) is 0 Å². The van der Waals surface area contributed by atoms with Crippen LogP contribution in [0.5, 0.6) is 0 Å². The van der Waals surface area contributed by atoms with Gasteiger partial charge in [0.1, 0.15) is 5.41 Å². The molecule has 1 saturated heterocycles. The summed E-state index contributed by atoms with van der Waals surface area (Å²) in [6.07, 6.45) is 0. The molecule has 6 rings (SSSR count). The van der Waals surface area contributed by atoms with E-state index in [0.29, 0.717) is 0 Å². The van der Waals surface area contributed by atoms with Crippen molar-refractivity contribution in [3.05, 3.63) is 70.8 Å². The summed E-state index contributed by atoms with van der Waals surface area (Å²) in [4.78, 5) is 25.0. The number of cyclic esters (lactones) is 2. The quantitative estimate of drug-likeness (QED) is 0.598. The summed E-state index contributed by atoms with van der Waals surface area (Å²) in [5.41, 5.74) is 0.658. The van der Waals surface area contributed by atoms with Crippen molar-refractivity contribution in [2.45, 2.75) is 24.4 Å². The van der Waals surface area contributed by atoms with E-state index in [1.54, 1.807) is 6.92 Å². The first-order valence-electron chi connectivity index (χ1n) is 7.68. The van der Waals surface area contributed by atoms with Crippen molar-refractivity contribution in [1.29, 1.82) is 0 Å². The summed E-state index contributed by atoms with van der Waals surface area (Å²) >= 11 is 0. The number of carbonyl (C=O) groups excluding carboxylic acids is 2. The van der Waals surface area contributed by atoms with Crippen LogP contribution in [-0.2, 0) is 14.3 Å². The van der Waals surface area contributed by atoms with Crippen LogP contribution in [0.2, 0.25) is 0 Å². The van der Waals surface area contributed by atoms with Crippen molar-refractivity contribution in [2.24, 2.45) is 5.41 Å². The van der Waals surface area contributed by atoms with E-state index in [0.717, 1.165) is 22.3 Å². The third-order valence-corrected chi connectivity index (χ3v) is 5.94. The van der Waals surface area contributed by atoms with Gasteiger partial charge in [0.15, 0.2) is 5.60 Å². The Labute approximate surface area is 132 Å². The summed E-state index contributed by atoms with van der Waals surface area (Å²) in [6, 6.07) is 15.4. The minimum atomic E-state index is -1.85. The Morgan fingerprint density at radius 2 is 1.26 bits per heavy atom. The Hall–Kier alpha value is -2.46. The van der Waals surface area contributed by atoms with E-state index < -0.39 is 28.9 Å². The molecule has 1 heterocycles. The zero-order valence-corrected chi connectivity index (χ0v) is 12.4. The summed E-state index contributed by atoms with van der Waals surface area (Å²) in [6.45, 7) is 1.66. The maximum atomic E-state index is 12.6. The molecule has 0 unspecified atom stereocenters. The predicted molar refractivity (Wildman–Crippen MR) is 80.7 cm³/mol. The lowest BCUT2D eigenvalue weighted by molar-refractivity contribution is -0.161. The molecule has 0 spiro atoms. The number of ether oxygens (including phenoxy) is 1. The molecule has 2 atom stereocenters. The van der Waals surface area contributed by atoms with Gasteiger partial charge in [0.25, 0.3) is 0 Å². The average molecular weight is 306 g/mol. The zero-order valence-electron chi connectivity index (χ0n) is 12.4. The molecular weight excluding hydrogens is 292 g/mol. The van der Waals surface area contributed by atoms with Crippen molar-refractivity contribution in [3.63, 3.8) is 0 Å². The Bertz CT molecular complexity index is 782. The Morgan fingerprint density at radius 1 is 0.826 bits per heavy atom. The molecule has 3 aliphatic carbocycles. The van der Waals surface area contributed by atoms with Gasteiger partial charge in [0.05, 0.1) is 5.92 Å². The van der Waals surface area contributed by atoms with E-state index in [4.69, 9.17) is 4.74 Å². The number of benzene rings is 2. The van der Waals surface area contributed by atoms with Gasteiger partial charge in [-0.15, -0.1) is 0 Å². The molecule has 23 heavy (non-hydrogen) atoms. The second-order valence-corrected chi connectivity index (χ2v) is 6.77. The van der Waals surface area contributed by atoms with Crippen LogP contribution in [0.1, 0.15) is 41.0 Å². The minimum Gasteiger partial charge on any atom is -0.390 e. The van der Waals surface area contributed by atoms with Crippen molar-refractivity contribution in [1.82, 2.24) is 0 Å². The third-order valence-electron chi connectivity index (χ3n) is 5.94. The lowest BCUT2D eigenvalue weighted by Gasteiger charge is -2.54. The first kappa shape index (κ1) is 13.0. The number of rotatable bonds is 0.